The van der Waals surface area contributed by atoms with E-state index in [1.165, 1.54) is 18.2 Å². The molecule has 0 atom stereocenters. The molecule has 0 aliphatic rings. The van der Waals surface area contributed by atoms with Gasteiger partial charge in [-0.05, 0) is 36.2 Å². The van der Waals surface area contributed by atoms with Crippen LogP contribution in [-0.2, 0) is 6.42 Å². The molecule has 0 aliphatic carbocycles. The highest BCUT2D eigenvalue weighted by molar-refractivity contribution is 5.99. The Bertz CT molecular complexity index is 702. The highest BCUT2D eigenvalue weighted by Gasteiger charge is 2.31. The number of anilines is 1. The first-order chi connectivity index (χ1) is 11.4. The van der Waals surface area contributed by atoms with Crippen molar-refractivity contribution in [2.75, 3.05) is 18.9 Å². The second kappa shape index (κ2) is 7.72. The van der Waals surface area contributed by atoms with Gasteiger partial charge in [-0.3, -0.25) is 4.79 Å². The van der Waals surface area contributed by atoms with E-state index in [0.29, 0.717) is 29.8 Å². The molecule has 0 spiro atoms. The Morgan fingerprint density at radius 1 is 1.12 bits per heavy atom. The summed E-state index contributed by atoms with van der Waals surface area (Å²) >= 11 is 0. The van der Waals surface area contributed by atoms with Crippen molar-refractivity contribution in [1.82, 2.24) is 5.32 Å². The maximum atomic E-state index is 12.2. The molecule has 128 valence electrons. The van der Waals surface area contributed by atoms with Crippen molar-refractivity contribution < 1.29 is 22.7 Å². The predicted molar refractivity (Wildman–Crippen MR) is 85.2 cm³/mol. The predicted octanol–water partition coefficient (Wildman–Crippen LogP) is 3.60. The third kappa shape index (κ3) is 5.19. The molecule has 2 aromatic carbocycles. The van der Waals surface area contributed by atoms with E-state index in [1.54, 1.807) is 31.3 Å². The highest BCUT2D eigenvalue weighted by atomic mass is 19.4. The lowest BCUT2D eigenvalue weighted by atomic mass is 10.1. The Morgan fingerprint density at radius 2 is 1.88 bits per heavy atom. The van der Waals surface area contributed by atoms with Gasteiger partial charge in [0.1, 0.15) is 5.75 Å². The van der Waals surface area contributed by atoms with E-state index in [1.807, 2.05) is 6.07 Å². The molecule has 4 nitrogen and oxygen atoms in total. The molecule has 2 N–H and O–H groups in total. The van der Waals surface area contributed by atoms with Gasteiger partial charge in [0.25, 0.3) is 5.91 Å². The first-order valence-electron chi connectivity index (χ1n) is 7.29. The van der Waals surface area contributed by atoms with Crippen LogP contribution >= 0.6 is 0 Å². The zero-order valence-electron chi connectivity index (χ0n) is 13.0. The van der Waals surface area contributed by atoms with Gasteiger partial charge >= 0.3 is 6.36 Å². The summed E-state index contributed by atoms with van der Waals surface area (Å²) in [5.74, 6) is -0.519. The van der Waals surface area contributed by atoms with Gasteiger partial charge in [0.15, 0.2) is 0 Å². The number of halogens is 3. The van der Waals surface area contributed by atoms with E-state index < -0.39 is 6.36 Å². The summed E-state index contributed by atoms with van der Waals surface area (Å²) in [5.41, 5.74) is 1.85. The van der Waals surface area contributed by atoms with Crippen molar-refractivity contribution >= 4 is 11.6 Å². The summed E-state index contributed by atoms with van der Waals surface area (Å²) in [6.45, 7) is 0.298. The topological polar surface area (TPSA) is 50.4 Å². The molecule has 0 heterocycles. The Hall–Kier alpha value is -2.70. The number of ether oxygens (including phenoxy) is 1. The smallest absolute Gasteiger partial charge is 0.406 e. The van der Waals surface area contributed by atoms with E-state index >= 15 is 0 Å². The van der Waals surface area contributed by atoms with Crippen molar-refractivity contribution in [3.63, 3.8) is 0 Å². The number of amides is 1. The summed E-state index contributed by atoms with van der Waals surface area (Å²) in [7, 11) is 1.72. The minimum absolute atomic E-state index is 0.248. The van der Waals surface area contributed by atoms with E-state index in [9.17, 15) is 18.0 Å². The molecule has 0 fully saturated rings. The third-order valence-electron chi connectivity index (χ3n) is 3.27. The van der Waals surface area contributed by atoms with Gasteiger partial charge in [0.05, 0.1) is 5.56 Å². The molecule has 0 radical (unpaired) electrons. The van der Waals surface area contributed by atoms with E-state index in [4.69, 9.17) is 0 Å². The molecule has 0 saturated heterocycles. The van der Waals surface area contributed by atoms with Crippen molar-refractivity contribution in [3.8, 4) is 5.75 Å². The number of hydrogen-bond acceptors (Lipinski definition) is 3. The molecule has 0 unspecified atom stereocenters. The first-order valence-corrected chi connectivity index (χ1v) is 7.29. The van der Waals surface area contributed by atoms with Gasteiger partial charge in [0.2, 0.25) is 0 Å². The van der Waals surface area contributed by atoms with Crippen LogP contribution in [0.3, 0.4) is 0 Å². The third-order valence-corrected chi connectivity index (χ3v) is 3.27. The second-order valence-corrected chi connectivity index (χ2v) is 5.00. The SMILES string of the molecule is CNc1ccccc1C(=O)NCCc1cccc(OC(F)(F)F)c1. The van der Waals surface area contributed by atoms with Crippen LogP contribution in [0.4, 0.5) is 18.9 Å². The lowest BCUT2D eigenvalue weighted by Gasteiger charge is -2.11. The summed E-state index contributed by atoms with van der Waals surface area (Å²) in [4.78, 5) is 12.1. The zero-order chi connectivity index (χ0) is 17.6. The highest BCUT2D eigenvalue weighted by Crippen LogP contribution is 2.23. The maximum absolute atomic E-state index is 12.2. The molecule has 1 amide bonds. The number of benzene rings is 2. The second-order valence-electron chi connectivity index (χ2n) is 5.00. The minimum atomic E-state index is -4.72. The molecular formula is C17H17F3N2O2. The maximum Gasteiger partial charge on any atom is 0.573 e. The zero-order valence-corrected chi connectivity index (χ0v) is 13.0. The number of rotatable bonds is 6. The summed E-state index contributed by atoms with van der Waals surface area (Å²) in [6, 6.07) is 12.7. The molecule has 7 heteroatoms. The number of nitrogens with one attached hydrogen (secondary N) is 2. The monoisotopic (exact) mass is 338 g/mol. The van der Waals surface area contributed by atoms with Crippen molar-refractivity contribution in [2.24, 2.45) is 0 Å². The largest absolute Gasteiger partial charge is 0.573 e. The van der Waals surface area contributed by atoms with Gasteiger partial charge in [-0.25, -0.2) is 0 Å². The van der Waals surface area contributed by atoms with E-state index in [-0.39, 0.29) is 11.7 Å². The molecule has 0 aliphatic heterocycles. The lowest BCUT2D eigenvalue weighted by Crippen LogP contribution is -2.26. The normalized spacial score (nSPS) is 11.0. The quantitative estimate of drug-likeness (QED) is 0.846. The van der Waals surface area contributed by atoms with Crippen LogP contribution in [0.25, 0.3) is 0 Å². The van der Waals surface area contributed by atoms with Crippen LogP contribution in [0.1, 0.15) is 15.9 Å². The van der Waals surface area contributed by atoms with Crippen LogP contribution in [0, 0.1) is 0 Å². The standard InChI is InChI=1S/C17H17F3N2O2/c1-21-15-8-3-2-7-14(15)16(23)22-10-9-12-5-4-6-13(11-12)24-17(18,19)20/h2-8,11,21H,9-10H2,1H3,(H,22,23). The minimum Gasteiger partial charge on any atom is -0.406 e. The van der Waals surface area contributed by atoms with Crippen LogP contribution in [0.2, 0.25) is 0 Å². The Morgan fingerprint density at radius 3 is 2.58 bits per heavy atom. The van der Waals surface area contributed by atoms with Gasteiger partial charge in [-0.1, -0.05) is 24.3 Å². The van der Waals surface area contributed by atoms with Gasteiger partial charge in [-0.2, -0.15) is 0 Å². The summed E-state index contributed by atoms with van der Waals surface area (Å²) in [6.07, 6.45) is -4.33. The average Bonchev–Trinajstić information content (AvgIpc) is 2.53. The van der Waals surface area contributed by atoms with Crippen LogP contribution in [-0.4, -0.2) is 25.9 Å². The molecular weight excluding hydrogens is 321 g/mol. The molecule has 0 saturated carbocycles. The van der Waals surface area contributed by atoms with Crippen molar-refractivity contribution in [1.29, 1.82) is 0 Å². The molecule has 24 heavy (non-hydrogen) atoms. The first kappa shape index (κ1) is 17.7. The van der Waals surface area contributed by atoms with Gasteiger partial charge in [0, 0.05) is 19.3 Å². The number of hydrogen-bond donors (Lipinski definition) is 2. The Labute approximate surface area is 137 Å². The summed E-state index contributed by atoms with van der Waals surface area (Å²) in [5, 5.41) is 5.68. The lowest BCUT2D eigenvalue weighted by molar-refractivity contribution is -0.274. The molecule has 2 aromatic rings. The fourth-order valence-corrected chi connectivity index (χ4v) is 2.21. The van der Waals surface area contributed by atoms with E-state index in [2.05, 4.69) is 15.4 Å². The molecule has 0 aromatic heterocycles. The molecule has 0 bridgehead atoms. The Kier molecular flexibility index (Phi) is 5.68. The van der Waals surface area contributed by atoms with E-state index in [0.717, 1.165) is 0 Å². The van der Waals surface area contributed by atoms with Crippen LogP contribution < -0.4 is 15.4 Å². The van der Waals surface area contributed by atoms with Crippen molar-refractivity contribution in [3.05, 3.63) is 59.7 Å². The fourth-order valence-electron chi connectivity index (χ4n) is 2.21. The number of alkyl halides is 3. The van der Waals surface area contributed by atoms with Crippen LogP contribution in [0.15, 0.2) is 48.5 Å². The van der Waals surface area contributed by atoms with Crippen LogP contribution in [0.5, 0.6) is 5.75 Å². The Balaban J connectivity index is 1.92. The number of para-hydroxylation sites is 1. The van der Waals surface area contributed by atoms with Gasteiger partial charge in [-0.15, -0.1) is 13.2 Å². The number of carbonyl (C=O) groups excluding carboxylic acids is 1. The van der Waals surface area contributed by atoms with Crippen molar-refractivity contribution in [2.45, 2.75) is 12.8 Å². The average molecular weight is 338 g/mol. The molecule has 2 rings (SSSR count). The van der Waals surface area contributed by atoms with Gasteiger partial charge < -0.3 is 15.4 Å². The number of carbonyl (C=O) groups is 1. The fraction of sp³-hybridized carbons (Fsp3) is 0.235. The summed E-state index contributed by atoms with van der Waals surface area (Å²) < 4.78 is 40.5.